The smallest absolute Gasteiger partial charge is 0.179 e. The van der Waals surface area contributed by atoms with Crippen molar-refractivity contribution in [2.24, 2.45) is 5.73 Å². The van der Waals surface area contributed by atoms with Gasteiger partial charge in [0.25, 0.3) is 0 Å². The Hall–Kier alpha value is -1.15. The Morgan fingerprint density at radius 3 is 2.00 bits per heavy atom. The number of hydrogen-bond acceptors (Lipinski definition) is 2. The Kier molecular flexibility index (Phi) is 3.06. The Bertz CT molecular complexity index is 344. The highest BCUT2D eigenvalue weighted by molar-refractivity contribution is 6.02. The summed E-state index contributed by atoms with van der Waals surface area (Å²) in [5.41, 5.74) is 9.60. The first kappa shape index (κ1) is 10.9. The summed E-state index contributed by atoms with van der Waals surface area (Å²) in [5.74, 6) is 0.0278. The van der Waals surface area contributed by atoms with E-state index >= 15 is 0 Å². The maximum Gasteiger partial charge on any atom is 0.179 e. The number of ketones is 1. The molecule has 0 aromatic heterocycles. The van der Waals surface area contributed by atoms with Crippen molar-refractivity contribution in [3.05, 3.63) is 34.4 Å². The van der Waals surface area contributed by atoms with Crippen LogP contribution in [0.5, 0.6) is 0 Å². The van der Waals surface area contributed by atoms with Crippen LogP contribution < -0.4 is 5.73 Å². The third kappa shape index (κ3) is 2.02. The largest absolute Gasteiger partial charge is 0.321 e. The normalized spacial score (nSPS) is 12.6. The van der Waals surface area contributed by atoms with Crippen LogP contribution in [-0.4, -0.2) is 11.8 Å². The Labute approximate surface area is 85.1 Å². The van der Waals surface area contributed by atoms with E-state index in [4.69, 9.17) is 5.73 Å². The van der Waals surface area contributed by atoms with Crippen LogP contribution in [0.1, 0.15) is 34.0 Å². The molecule has 0 amide bonds. The molecule has 2 N–H and O–H groups in total. The zero-order valence-corrected chi connectivity index (χ0v) is 9.22. The van der Waals surface area contributed by atoms with Crippen molar-refractivity contribution in [2.45, 2.75) is 33.7 Å². The number of aryl methyl sites for hydroxylation is 3. The monoisotopic (exact) mass is 191 g/mol. The quantitative estimate of drug-likeness (QED) is 0.728. The first-order valence-electron chi connectivity index (χ1n) is 4.81. The molecule has 0 fully saturated rings. The van der Waals surface area contributed by atoms with Crippen LogP contribution in [0, 0.1) is 20.8 Å². The molecule has 0 heterocycles. The Morgan fingerprint density at radius 2 is 1.64 bits per heavy atom. The van der Waals surface area contributed by atoms with Gasteiger partial charge in [-0.15, -0.1) is 0 Å². The minimum Gasteiger partial charge on any atom is -0.321 e. The van der Waals surface area contributed by atoms with Crippen LogP contribution in [0.2, 0.25) is 0 Å². The van der Waals surface area contributed by atoms with E-state index in [1.165, 1.54) is 5.56 Å². The van der Waals surface area contributed by atoms with E-state index in [-0.39, 0.29) is 5.78 Å². The van der Waals surface area contributed by atoms with Crippen molar-refractivity contribution in [1.29, 1.82) is 0 Å². The molecule has 0 aliphatic rings. The molecule has 14 heavy (non-hydrogen) atoms. The van der Waals surface area contributed by atoms with Crippen molar-refractivity contribution in [2.75, 3.05) is 0 Å². The number of carbonyl (C=O) groups excluding carboxylic acids is 1. The highest BCUT2D eigenvalue weighted by atomic mass is 16.1. The van der Waals surface area contributed by atoms with Gasteiger partial charge in [-0.3, -0.25) is 4.79 Å². The molecule has 1 aromatic rings. The molecule has 0 saturated heterocycles. The molecular formula is C12H17NO. The molecule has 0 unspecified atom stereocenters. The van der Waals surface area contributed by atoms with E-state index in [1.807, 2.05) is 32.9 Å². The van der Waals surface area contributed by atoms with Crippen LogP contribution in [0.25, 0.3) is 0 Å². The third-order valence-electron chi connectivity index (χ3n) is 2.34. The Morgan fingerprint density at radius 1 is 1.21 bits per heavy atom. The fraction of sp³-hybridized carbons (Fsp3) is 0.417. The maximum atomic E-state index is 11.8. The topological polar surface area (TPSA) is 43.1 Å². The molecule has 0 radical (unpaired) electrons. The number of benzene rings is 1. The van der Waals surface area contributed by atoms with Gasteiger partial charge in [-0.25, -0.2) is 0 Å². The van der Waals surface area contributed by atoms with E-state index in [9.17, 15) is 4.79 Å². The number of hydrogen-bond donors (Lipinski definition) is 1. The second-order valence-electron chi connectivity index (χ2n) is 3.93. The summed E-state index contributed by atoms with van der Waals surface area (Å²) < 4.78 is 0. The standard InChI is InChI=1S/C12H17NO/c1-7-5-8(2)11(9(3)6-7)12(14)10(4)13/h5-6,10H,13H2,1-4H3/t10-/m1/s1. The van der Waals surface area contributed by atoms with Gasteiger partial charge in [-0.05, 0) is 38.8 Å². The van der Waals surface area contributed by atoms with Crippen molar-refractivity contribution >= 4 is 5.78 Å². The van der Waals surface area contributed by atoms with Gasteiger partial charge in [-0.2, -0.15) is 0 Å². The summed E-state index contributed by atoms with van der Waals surface area (Å²) in [6.45, 7) is 7.66. The summed E-state index contributed by atoms with van der Waals surface area (Å²) in [4.78, 5) is 11.8. The molecule has 1 atom stereocenters. The minimum absolute atomic E-state index is 0.0278. The van der Waals surface area contributed by atoms with Gasteiger partial charge in [0.15, 0.2) is 5.78 Å². The van der Waals surface area contributed by atoms with Crippen LogP contribution in [0.4, 0.5) is 0 Å². The Balaban J connectivity index is 3.28. The lowest BCUT2D eigenvalue weighted by Crippen LogP contribution is -2.28. The van der Waals surface area contributed by atoms with Gasteiger partial charge in [0, 0.05) is 5.56 Å². The summed E-state index contributed by atoms with van der Waals surface area (Å²) in [5, 5.41) is 0. The van der Waals surface area contributed by atoms with E-state index < -0.39 is 6.04 Å². The van der Waals surface area contributed by atoms with Crippen LogP contribution in [0.3, 0.4) is 0 Å². The zero-order valence-electron chi connectivity index (χ0n) is 9.22. The lowest BCUT2D eigenvalue weighted by Gasteiger charge is -2.12. The lowest BCUT2D eigenvalue weighted by molar-refractivity contribution is 0.0967. The first-order chi connectivity index (χ1) is 6.43. The molecular weight excluding hydrogens is 174 g/mol. The van der Waals surface area contributed by atoms with E-state index in [0.29, 0.717) is 0 Å². The maximum absolute atomic E-state index is 11.8. The zero-order chi connectivity index (χ0) is 10.9. The van der Waals surface area contributed by atoms with Crippen LogP contribution in [-0.2, 0) is 0 Å². The van der Waals surface area contributed by atoms with Crippen molar-refractivity contribution < 1.29 is 4.79 Å². The fourth-order valence-electron chi connectivity index (χ4n) is 1.80. The number of Topliss-reactive ketones (excluding diaryl/α,β-unsaturated/α-hetero) is 1. The van der Waals surface area contributed by atoms with Gasteiger partial charge in [0.1, 0.15) is 0 Å². The van der Waals surface area contributed by atoms with Gasteiger partial charge in [-0.1, -0.05) is 17.7 Å². The highest BCUT2D eigenvalue weighted by Crippen LogP contribution is 2.17. The third-order valence-corrected chi connectivity index (χ3v) is 2.34. The minimum atomic E-state index is -0.421. The average Bonchev–Trinajstić information content (AvgIpc) is 2.01. The molecule has 1 aromatic carbocycles. The van der Waals surface area contributed by atoms with Crippen molar-refractivity contribution in [1.82, 2.24) is 0 Å². The molecule has 2 heteroatoms. The highest BCUT2D eigenvalue weighted by Gasteiger charge is 2.15. The average molecular weight is 191 g/mol. The lowest BCUT2D eigenvalue weighted by atomic mass is 9.94. The predicted octanol–water partition coefficient (Wildman–Crippen LogP) is 2.14. The summed E-state index contributed by atoms with van der Waals surface area (Å²) >= 11 is 0. The first-order valence-corrected chi connectivity index (χ1v) is 4.81. The molecule has 0 aliphatic carbocycles. The molecule has 76 valence electrons. The molecule has 2 nitrogen and oxygen atoms in total. The van der Waals surface area contributed by atoms with Crippen LogP contribution in [0.15, 0.2) is 12.1 Å². The number of carbonyl (C=O) groups is 1. The molecule has 0 aliphatic heterocycles. The van der Waals surface area contributed by atoms with Crippen LogP contribution >= 0.6 is 0 Å². The van der Waals surface area contributed by atoms with Crippen molar-refractivity contribution in [3.63, 3.8) is 0 Å². The number of nitrogens with two attached hydrogens (primary N) is 1. The van der Waals surface area contributed by atoms with Crippen molar-refractivity contribution in [3.8, 4) is 0 Å². The van der Waals surface area contributed by atoms with E-state index in [0.717, 1.165) is 16.7 Å². The summed E-state index contributed by atoms with van der Waals surface area (Å²) in [6, 6.07) is 3.61. The molecule has 0 saturated carbocycles. The predicted molar refractivity (Wildman–Crippen MR) is 58.6 cm³/mol. The van der Waals surface area contributed by atoms with Gasteiger partial charge in [0.05, 0.1) is 6.04 Å². The van der Waals surface area contributed by atoms with Gasteiger partial charge < -0.3 is 5.73 Å². The molecule has 0 bridgehead atoms. The van der Waals surface area contributed by atoms with Gasteiger partial charge >= 0.3 is 0 Å². The van der Waals surface area contributed by atoms with Gasteiger partial charge in [0.2, 0.25) is 0 Å². The van der Waals surface area contributed by atoms with E-state index in [1.54, 1.807) is 6.92 Å². The SMILES string of the molecule is Cc1cc(C)c(C(=O)[C@@H](C)N)c(C)c1. The second-order valence-corrected chi connectivity index (χ2v) is 3.93. The summed E-state index contributed by atoms with van der Waals surface area (Å²) in [6.07, 6.45) is 0. The van der Waals surface area contributed by atoms with E-state index in [2.05, 4.69) is 0 Å². The molecule has 0 spiro atoms. The fourth-order valence-corrected chi connectivity index (χ4v) is 1.80. The second kappa shape index (κ2) is 3.93. The summed E-state index contributed by atoms with van der Waals surface area (Å²) in [7, 11) is 0. The number of rotatable bonds is 2. The molecule has 1 rings (SSSR count).